The minimum atomic E-state index is 0. The standard InChI is InChI=1S/C12H17BrN2O.ClH/c13-12-2-1-11(7-15-12)9-16-8-10-3-5-14-6-4-10;/h1-2,7,10,14H,3-6,8-9H2;1H. The van der Waals surface area contributed by atoms with Crippen LogP contribution in [0.15, 0.2) is 22.9 Å². The first kappa shape index (κ1) is 14.9. The summed E-state index contributed by atoms with van der Waals surface area (Å²) >= 11 is 3.32. The number of pyridine rings is 1. The maximum absolute atomic E-state index is 5.72. The van der Waals surface area contributed by atoms with Gasteiger partial charge in [0.25, 0.3) is 0 Å². The lowest BCUT2D eigenvalue weighted by Crippen LogP contribution is -2.29. The molecule has 0 aromatic carbocycles. The molecule has 5 heteroatoms. The van der Waals surface area contributed by atoms with Crippen LogP contribution in [-0.2, 0) is 11.3 Å². The van der Waals surface area contributed by atoms with Crippen molar-refractivity contribution in [1.82, 2.24) is 10.3 Å². The number of halogens is 2. The summed E-state index contributed by atoms with van der Waals surface area (Å²) in [7, 11) is 0. The van der Waals surface area contributed by atoms with Crippen LogP contribution >= 0.6 is 28.3 Å². The minimum absolute atomic E-state index is 0. The lowest BCUT2D eigenvalue weighted by molar-refractivity contribution is 0.0762. The molecule has 0 aliphatic carbocycles. The van der Waals surface area contributed by atoms with E-state index in [1.54, 1.807) is 0 Å². The highest BCUT2D eigenvalue weighted by atomic mass is 79.9. The number of aromatic nitrogens is 1. The Bertz CT molecular complexity index is 315. The molecular formula is C12H18BrClN2O. The average Bonchev–Trinajstić information content (AvgIpc) is 2.33. The predicted molar refractivity (Wildman–Crippen MR) is 74.4 cm³/mol. The van der Waals surface area contributed by atoms with Gasteiger partial charge in [-0.2, -0.15) is 0 Å². The molecule has 2 heterocycles. The molecule has 0 radical (unpaired) electrons. The molecule has 0 spiro atoms. The first-order valence-corrected chi connectivity index (χ1v) is 6.53. The van der Waals surface area contributed by atoms with Gasteiger partial charge in [0.1, 0.15) is 4.60 Å². The zero-order valence-corrected chi connectivity index (χ0v) is 12.1. The summed E-state index contributed by atoms with van der Waals surface area (Å²) in [5.41, 5.74) is 1.14. The number of ether oxygens (including phenoxy) is 1. The molecule has 0 bridgehead atoms. The Labute approximate surface area is 117 Å². The molecule has 0 atom stereocenters. The lowest BCUT2D eigenvalue weighted by Gasteiger charge is -2.22. The number of hydrogen-bond donors (Lipinski definition) is 1. The van der Waals surface area contributed by atoms with Crippen molar-refractivity contribution >= 4 is 28.3 Å². The molecule has 17 heavy (non-hydrogen) atoms. The lowest BCUT2D eigenvalue weighted by atomic mass is 9.99. The van der Waals surface area contributed by atoms with Crippen molar-refractivity contribution in [3.05, 3.63) is 28.5 Å². The van der Waals surface area contributed by atoms with E-state index < -0.39 is 0 Å². The summed E-state index contributed by atoms with van der Waals surface area (Å²) in [6, 6.07) is 3.99. The fourth-order valence-corrected chi connectivity index (χ4v) is 2.12. The molecule has 1 saturated heterocycles. The molecule has 1 N–H and O–H groups in total. The highest BCUT2D eigenvalue weighted by Crippen LogP contribution is 2.13. The molecule has 1 aliphatic heterocycles. The first-order chi connectivity index (χ1) is 7.84. The van der Waals surface area contributed by atoms with Crippen LogP contribution in [0.4, 0.5) is 0 Å². The Balaban J connectivity index is 0.00000144. The van der Waals surface area contributed by atoms with Crippen LogP contribution in [0.1, 0.15) is 18.4 Å². The normalized spacial score (nSPS) is 16.5. The van der Waals surface area contributed by atoms with E-state index in [4.69, 9.17) is 4.74 Å². The number of rotatable bonds is 4. The van der Waals surface area contributed by atoms with Crippen molar-refractivity contribution in [2.24, 2.45) is 5.92 Å². The summed E-state index contributed by atoms with van der Waals surface area (Å²) in [6.45, 7) is 3.81. The Morgan fingerprint density at radius 1 is 1.35 bits per heavy atom. The second-order valence-electron chi connectivity index (χ2n) is 4.20. The molecule has 1 fully saturated rings. The zero-order chi connectivity index (χ0) is 11.2. The minimum Gasteiger partial charge on any atom is -0.376 e. The third-order valence-corrected chi connectivity index (χ3v) is 3.34. The molecule has 3 nitrogen and oxygen atoms in total. The Morgan fingerprint density at radius 2 is 2.12 bits per heavy atom. The van der Waals surface area contributed by atoms with Gasteiger partial charge >= 0.3 is 0 Å². The topological polar surface area (TPSA) is 34.1 Å². The van der Waals surface area contributed by atoms with Gasteiger partial charge in [-0.1, -0.05) is 6.07 Å². The van der Waals surface area contributed by atoms with Gasteiger partial charge in [0.15, 0.2) is 0 Å². The number of nitrogens with one attached hydrogen (secondary N) is 1. The van der Waals surface area contributed by atoms with Gasteiger partial charge in [0, 0.05) is 12.8 Å². The zero-order valence-electron chi connectivity index (χ0n) is 9.69. The van der Waals surface area contributed by atoms with Gasteiger partial charge in [0.05, 0.1) is 6.61 Å². The van der Waals surface area contributed by atoms with Crippen LogP contribution in [0, 0.1) is 5.92 Å². The summed E-state index contributed by atoms with van der Waals surface area (Å²) in [5, 5.41) is 3.36. The first-order valence-electron chi connectivity index (χ1n) is 5.73. The van der Waals surface area contributed by atoms with Crippen molar-refractivity contribution < 1.29 is 4.74 Å². The summed E-state index contributed by atoms with van der Waals surface area (Å²) < 4.78 is 6.59. The van der Waals surface area contributed by atoms with Crippen LogP contribution in [0.2, 0.25) is 0 Å². The van der Waals surface area contributed by atoms with E-state index in [2.05, 4.69) is 26.2 Å². The maximum Gasteiger partial charge on any atom is 0.106 e. The fourth-order valence-electron chi connectivity index (χ4n) is 1.88. The molecule has 0 amide bonds. The van der Waals surface area contributed by atoms with E-state index in [0.29, 0.717) is 6.61 Å². The molecule has 2 rings (SSSR count). The van der Waals surface area contributed by atoms with Gasteiger partial charge in [-0.05, 0) is 59.4 Å². The highest BCUT2D eigenvalue weighted by Gasteiger charge is 2.12. The fraction of sp³-hybridized carbons (Fsp3) is 0.583. The van der Waals surface area contributed by atoms with Gasteiger partial charge in [-0.25, -0.2) is 4.98 Å². The second-order valence-corrected chi connectivity index (χ2v) is 5.01. The number of nitrogens with zero attached hydrogens (tertiary/aromatic N) is 1. The summed E-state index contributed by atoms with van der Waals surface area (Å²) in [5.74, 6) is 0.727. The summed E-state index contributed by atoms with van der Waals surface area (Å²) in [6.07, 6.45) is 4.32. The van der Waals surface area contributed by atoms with Gasteiger partial charge in [-0.3, -0.25) is 0 Å². The maximum atomic E-state index is 5.72. The van der Waals surface area contributed by atoms with E-state index in [9.17, 15) is 0 Å². The van der Waals surface area contributed by atoms with Crippen LogP contribution in [-0.4, -0.2) is 24.7 Å². The highest BCUT2D eigenvalue weighted by molar-refractivity contribution is 9.10. The van der Waals surface area contributed by atoms with E-state index in [1.165, 1.54) is 12.8 Å². The van der Waals surface area contributed by atoms with E-state index in [-0.39, 0.29) is 12.4 Å². The predicted octanol–water partition coefficient (Wildman–Crippen LogP) is 2.78. The van der Waals surface area contributed by atoms with Crippen LogP contribution in [0.25, 0.3) is 0 Å². The largest absolute Gasteiger partial charge is 0.376 e. The average molecular weight is 322 g/mol. The van der Waals surface area contributed by atoms with Crippen LogP contribution in [0.5, 0.6) is 0 Å². The molecule has 0 unspecified atom stereocenters. The SMILES string of the molecule is Brc1ccc(COCC2CCNCC2)cn1.Cl. The quantitative estimate of drug-likeness (QED) is 0.866. The van der Waals surface area contributed by atoms with E-state index in [0.717, 1.165) is 35.8 Å². The molecule has 0 saturated carbocycles. The third kappa shape index (κ3) is 5.34. The van der Waals surface area contributed by atoms with Crippen molar-refractivity contribution in [3.8, 4) is 0 Å². The molecule has 1 aromatic rings. The summed E-state index contributed by atoms with van der Waals surface area (Å²) in [4.78, 5) is 4.17. The number of piperidine rings is 1. The molecular weight excluding hydrogens is 304 g/mol. The Hall–Kier alpha value is -0.160. The van der Waals surface area contributed by atoms with Crippen LogP contribution in [0.3, 0.4) is 0 Å². The van der Waals surface area contributed by atoms with Crippen molar-refractivity contribution in [2.75, 3.05) is 19.7 Å². The van der Waals surface area contributed by atoms with Crippen molar-refractivity contribution in [2.45, 2.75) is 19.4 Å². The van der Waals surface area contributed by atoms with Crippen molar-refractivity contribution in [1.29, 1.82) is 0 Å². The third-order valence-electron chi connectivity index (χ3n) is 2.87. The van der Waals surface area contributed by atoms with Gasteiger partial charge in [0.2, 0.25) is 0 Å². The van der Waals surface area contributed by atoms with Gasteiger partial charge < -0.3 is 10.1 Å². The smallest absolute Gasteiger partial charge is 0.106 e. The van der Waals surface area contributed by atoms with Gasteiger partial charge in [-0.15, -0.1) is 12.4 Å². The number of hydrogen-bond acceptors (Lipinski definition) is 3. The Morgan fingerprint density at radius 3 is 2.76 bits per heavy atom. The molecule has 96 valence electrons. The molecule has 1 aliphatic rings. The Kier molecular flexibility index (Phi) is 7.04. The van der Waals surface area contributed by atoms with E-state index >= 15 is 0 Å². The monoisotopic (exact) mass is 320 g/mol. The van der Waals surface area contributed by atoms with Crippen LogP contribution < -0.4 is 5.32 Å². The molecule has 1 aromatic heterocycles. The van der Waals surface area contributed by atoms with Crippen molar-refractivity contribution in [3.63, 3.8) is 0 Å². The second kappa shape index (κ2) is 8.03. The van der Waals surface area contributed by atoms with E-state index in [1.807, 2.05) is 18.3 Å².